The van der Waals surface area contributed by atoms with Crippen LogP contribution in [0.15, 0.2) is 24.3 Å². The first-order valence-corrected chi connectivity index (χ1v) is 9.57. The Hall–Kier alpha value is -2.64. The van der Waals surface area contributed by atoms with Gasteiger partial charge in [0.1, 0.15) is 17.6 Å². The third kappa shape index (κ3) is 7.17. The highest BCUT2D eigenvalue weighted by molar-refractivity contribution is 5.87. The smallest absolute Gasteiger partial charge is 0.346 e. The average molecular weight is 394 g/mol. The minimum absolute atomic E-state index is 0.174. The fourth-order valence-electron chi connectivity index (χ4n) is 3.22. The normalized spacial score (nSPS) is 16.6. The third-order valence-electron chi connectivity index (χ3n) is 4.80. The highest BCUT2D eigenvalue weighted by atomic mass is 19.1. The van der Waals surface area contributed by atoms with Crippen LogP contribution in [0.4, 0.5) is 4.39 Å². The van der Waals surface area contributed by atoms with Crippen LogP contribution in [0.25, 0.3) is 0 Å². The number of carboxylic acid groups (broad SMARTS) is 1. The summed E-state index contributed by atoms with van der Waals surface area (Å²) < 4.78 is 18.2. The summed E-state index contributed by atoms with van der Waals surface area (Å²) in [6, 6.07) is 4.13. The van der Waals surface area contributed by atoms with Crippen LogP contribution in [-0.4, -0.2) is 41.6 Å². The Bertz CT molecular complexity index is 674. The molecule has 2 unspecified atom stereocenters. The molecular weight excluding hydrogens is 367 g/mol. The van der Waals surface area contributed by atoms with E-state index in [-0.39, 0.29) is 18.2 Å². The monoisotopic (exact) mass is 394 g/mol. The first-order valence-electron chi connectivity index (χ1n) is 9.57. The van der Waals surface area contributed by atoms with Crippen LogP contribution in [0.2, 0.25) is 0 Å². The molecule has 0 heterocycles. The zero-order valence-electron chi connectivity index (χ0n) is 15.9. The summed E-state index contributed by atoms with van der Waals surface area (Å²) in [6.45, 7) is 1.26. The van der Waals surface area contributed by atoms with Crippen molar-refractivity contribution in [2.24, 2.45) is 5.92 Å². The molecule has 7 nitrogen and oxygen atoms in total. The molecule has 0 bridgehead atoms. The molecular formula is C20H27FN2O5. The maximum absolute atomic E-state index is 12.9. The second kappa shape index (κ2) is 10.6. The van der Waals surface area contributed by atoms with Crippen LogP contribution in [-0.2, 0) is 14.4 Å². The number of rotatable bonds is 9. The summed E-state index contributed by atoms with van der Waals surface area (Å²) in [5, 5.41) is 14.4. The Labute approximate surface area is 163 Å². The van der Waals surface area contributed by atoms with E-state index in [1.54, 1.807) is 6.92 Å². The number of carbonyl (C=O) groups is 3. The lowest BCUT2D eigenvalue weighted by Crippen LogP contribution is -2.48. The van der Waals surface area contributed by atoms with Gasteiger partial charge in [0.05, 0.1) is 6.54 Å². The van der Waals surface area contributed by atoms with Crippen molar-refractivity contribution in [1.29, 1.82) is 0 Å². The van der Waals surface area contributed by atoms with Gasteiger partial charge in [0.25, 0.3) is 0 Å². The Balaban J connectivity index is 1.78. The number of halogens is 1. The van der Waals surface area contributed by atoms with Crippen molar-refractivity contribution >= 4 is 17.8 Å². The maximum Gasteiger partial charge on any atom is 0.346 e. The molecule has 0 radical (unpaired) electrons. The Kier molecular flexibility index (Phi) is 8.22. The molecule has 1 aromatic rings. The maximum atomic E-state index is 12.9. The zero-order valence-corrected chi connectivity index (χ0v) is 15.9. The van der Waals surface area contributed by atoms with Gasteiger partial charge in [0.15, 0.2) is 0 Å². The number of carbonyl (C=O) groups excluding carboxylic acids is 2. The van der Waals surface area contributed by atoms with Crippen LogP contribution >= 0.6 is 0 Å². The summed E-state index contributed by atoms with van der Waals surface area (Å²) in [4.78, 5) is 35.6. The lowest BCUT2D eigenvalue weighted by molar-refractivity contribution is -0.145. The standard InChI is InChI=1S/C20H27FN2O5/c1-13(23-18(24)11-14-5-3-2-4-6-14)19(25)22-12-17(20(26)27)28-16-9-7-15(21)8-10-16/h7-10,13-14,17H,2-6,11-12H2,1H3,(H,22,25)(H,23,24)(H,26,27). The second-order valence-electron chi connectivity index (χ2n) is 7.14. The van der Waals surface area contributed by atoms with E-state index >= 15 is 0 Å². The number of amides is 2. The average Bonchev–Trinajstić information content (AvgIpc) is 2.66. The predicted molar refractivity (Wildman–Crippen MR) is 100 cm³/mol. The van der Waals surface area contributed by atoms with Crippen molar-refractivity contribution in [1.82, 2.24) is 10.6 Å². The van der Waals surface area contributed by atoms with Gasteiger partial charge in [0, 0.05) is 6.42 Å². The van der Waals surface area contributed by atoms with Crippen molar-refractivity contribution in [2.75, 3.05) is 6.54 Å². The molecule has 28 heavy (non-hydrogen) atoms. The molecule has 1 aliphatic carbocycles. The highest BCUT2D eigenvalue weighted by Gasteiger charge is 2.24. The number of nitrogens with one attached hydrogen (secondary N) is 2. The molecule has 1 saturated carbocycles. The van der Waals surface area contributed by atoms with Gasteiger partial charge in [-0.05, 0) is 49.9 Å². The Morgan fingerprint density at radius 1 is 1.18 bits per heavy atom. The van der Waals surface area contributed by atoms with Crippen LogP contribution < -0.4 is 15.4 Å². The molecule has 3 N–H and O–H groups in total. The third-order valence-corrected chi connectivity index (χ3v) is 4.80. The van der Waals surface area contributed by atoms with Crippen LogP contribution in [0.3, 0.4) is 0 Å². The van der Waals surface area contributed by atoms with Crippen molar-refractivity contribution in [2.45, 2.75) is 57.6 Å². The van der Waals surface area contributed by atoms with E-state index in [2.05, 4.69) is 10.6 Å². The van der Waals surface area contributed by atoms with E-state index in [4.69, 9.17) is 4.74 Å². The molecule has 1 fully saturated rings. The minimum Gasteiger partial charge on any atom is -0.478 e. The van der Waals surface area contributed by atoms with Gasteiger partial charge >= 0.3 is 5.97 Å². The predicted octanol–water partition coefficient (Wildman–Crippen LogP) is 2.25. The molecule has 2 amide bonds. The van der Waals surface area contributed by atoms with E-state index in [0.29, 0.717) is 12.3 Å². The van der Waals surface area contributed by atoms with E-state index < -0.39 is 29.8 Å². The molecule has 0 aliphatic heterocycles. The van der Waals surface area contributed by atoms with Crippen molar-refractivity contribution in [3.05, 3.63) is 30.1 Å². The molecule has 0 aromatic heterocycles. The number of carboxylic acids is 1. The number of aliphatic carboxylic acids is 1. The first kappa shape index (κ1) is 21.7. The minimum atomic E-state index is -1.33. The van der Waals surface area contributed by atoms with E-state index in [0.717, 1.165) is 37.8 Å². The largest absolute Gasteiger partial charge is 0.478 e. The fourth-order valence-corrected chi connectivity index (χ4v) is 3.22. The highest BCUT2D eigenvalue weighted by Crippen LogP contribution is 2.26. The number of hydrogen-bond donors (Lipinski definition) is 3. The van der Waals surface area contributed by atoms with Gasteiger partial charge in [0.2, 0.25) is 17.9 Å². The number of benzene rings is 1. The van der Waals surface area contributed by atoms with Gasteiger partial charge in [-0.1, -0.05) is 19.3 Å². The summed E-state index contributed by atoms with van der Waals surface area (Å²) >= 11 is 0. The SMILES string of the molecule is CC(NC(=O)CC1CCCCC1)C(=O)NCC(Oc1ccc(F)cc1)C(=O)O. The van der Waals surface area contributed by atoms with Crippen LogP contribution in [0, 0.1) is 11.7 Å². The van der Waals surface area contributed by atoms with Crippen molar-refractivity contribution in [3.8, 4) is 5.75 Å². The lowest BCUT2D eigenvalue weighted by atomic mass is 9.87. The van der Waals surface area contributed by atoms with Crippen LogP contribution in [0.1, 0.15) is 45.4 Å². The molecule has 1 aliphatic rings. The summed E-state index contributed by atoms with van der Waals surface area (Å²) in [5.41, 5.74) is 0. The van der Waals surface area contributed by atoms with Gasteiger partial charge in [-0.15, -0.1) is 0 Å². The summed E-state index contributed by atoms with van der Waals surface area (Å²) in [7, 11) is 0. The quantitative estimate of drug-likeness (QED) is 0.596. The van der Waals surface area contributed by atoms with Gasteiger partial charge in [-0.25, -0.2) is 9.18 Å². The zero-order chi connectivity index (χ0) is 20.5. The Morgan fingerprint density at radius 2 is 1.82 bits per heavy atom. The topological polar surface area (TPSA) is 105 Å². The molecule has 8 heteroatoms. The second-order valence-corrected chi connectivity index (χ2v) is 7.14. The van der Waals surface area contributed by atoms with Gasteiger partial charge in [-0.2, -0.15) is 0 Å². The molecule has 154 valence electrons. The summed E-state index contributed by atoms with van der Waals surface area (Å²) in [6.07, 6.45) is 4.63. The fraction of sp³-hybridized carbons (Fsp3) is 0.550. The summed E-state index contributed by atoms with van der Waals surface area (Å²) in [5.74, 6) is -1.86. The number of hydrogen-bond acceptors (Lipinski definition) is 4. The molecule has 0 saturated heterocycles. The van der Waals surface area contributed by atoms with Gasteiger partial charge < -0.3 is 20.5 Å². The van der Waals surface area contributed by atoms with E-state index in [9.17, 15) is 23.9 Å². The molecule has 2 rings (SSSR count). The van der Waals surface area contributed by atoms with E-state index in [1.165, 1.54) is 18.6 Å². The van der Waals surface area contributed by atoms with E-state index in [1.807, 2.05) is 0 Å². The number of ether oxygens (including phenoxy) is 1. The van der Waals surface area contributed by atoms with Crippen molar-refractivity contribution in [3.63, 3.8) is 0 Å². The molecule has 0 spiro atoms. The first-order chi connectivity index (χ1) is 13.3. The molecule has 1 aromatic carbocycles. The lowest BCUT2D eigenvalue weighted by Gasteiger charge is -2.22. The molecule has 2 atom stereocenters. The Morgan fingerprint density at radius 3 is 2.43 bits per heavy atom. The van der Waals surface area contributed by atoms with Crippen LogP contribution in [0.5, 0.6) is 5.75 Å². The van der Waals surface area contributed by atoms with Crippen molar-refractivity contribution < 1.29 is 28.6 Å². The van der Waals surface area contributed by atoms with Gasteiger partial charge in [-0.3, -0.25) is 9.59 Å².